The molecule has 4 nitrogen and oxygen atoms in total. The van der Waals surface area contributed by atoms with Crippen LogP contribution in [0.3, 0.4) is 0 Å². The number of aliphatic hydroxyl groups excluding tert-OH is 1. The largest absolute Gasteiger partial charge is 0.493 e. The van der Waals surface area contributed by atoms with E-state index in [1.807, 2.05) is 18.2 Å². The molecule has 16 heavy (non-hydrogen) atoms. The lowest BCUT2D eigenvalue weighted by Crippen LogP contribution is -2.37. The number of ether oxygens (including phenoxy) is 1. The summed E-state index contributed by atoms with van der Waals surface area (Å²) in [6, 6.07) is 5.16. The van der Waals surface area contributed by atoms with Gasteiger partial charge < -0.3 is 21.3 Å². The van der Waals surface area contributed by atoms with Gasteiger partial charge in [0.2, 0.25) is 0 Å². The van der Waals surface area contributed by atoms with E-state index >= 15 is 0 Å². The molecule has 2 unspecified atom stereocenters. The van der Waals surface area contributed by atoms with Gasteiger partial charge in [-0.15, -0.1) is 0 Å². The summed E-state index contributed by atoms with van der Waals surface area (Å²) >= 11 is 0. The Bertz CT molecular complexity index is 368. The third kappa shape index (κ3) is 2.19. The van der Waals surface area contributed by atoms with Gasteiger partial charge in [-0.25, -0.2) is 0 Å². The summed E-state index contributed by atoms with van der Waals surface area (Å²) in [5.74, 6) is 0.944. The Labute approximate surface area is 95.2 Å². The Balaban J connectivity index is 2.22. The second kappa shape index (κ2) is 4.82. The molecule has 2 rings (SSSR count). The normalized spacial score (nSPS) is 18.4. The van der Waals surface area contributed by atoms with Crippen LogP contribution in [0.15, 0.2) is 18.2 Å². The van der Waals surface area contributed by atoms with Crippen LogP contribution in [0.5, 0.6) is 5.75 Å². The number of aryl methyl sites for hydroxylation is 1. The molecule has 1 aliphatic rings. The molecule has 5 N–H and O–H groups in total. The minimum atomic E-state index is -0.414. The molecule has 0 saturated carbocycles. The topological polar surface area (TPSA) is 81.5 Å². The van der Waals surface area contributed by atoms with E-state index in [4.69, 9.17) is 21.3 Å². The van der Waals surface area contributed by atoms with Crippen molar-refractivity contribution in [1.29, 1.82) is 0 Å². The van der Waals surface area contributed by atoms with Gasteiger partial charge in [-0.3, -0.25) is 0 Å². The lowest BCUT2D eigenvalue weighted by Gasteiger charge is -2.22. The van der Waals surface area contributed by atoms with E-state index in [9.17, 15) is 0 Å². The monoisotopic (exact) mass is 222 g/mol. The van der Waals surface area contributed by atoms with Crippen molar-refractivity contribution in [2.75, 3.05) is 13.2 Å². The number of hydrogen-bond donors (Lipinski definition) is 3. The summed E-state index contributed by atoms with van der Waals surface area (Å²) < 4.78 is 5.52. The van der Waals surface area contributed by atoms with Crippen LogP contribution in [0.25, 0.3) is 0 Å². The molecule has 0 bridgehead atoms. The van der Waals surface area contributed by atoms with Crippen LogP contribution in [0.1, 0.15) is 23.6 Å². The fourth-order valence-corrected chi connectivity index (χ4v) is 1.95. The van der Waals surface area contributed by atoms with Gasteiger partial charge in [0.25, 0.3) is 0 Å². The van der Waals surface area contributed by atoms with E-state index in [1.54, 1.807) is 0 Å². The van der Waals surface area contributed by atoms with Gasteiger partial charge in [0.15, 0.2) is 0 Å². The van der Waals surface area contributed by atoms with Crippen molar-refractivity contribution in [1.82, 2.24) is 0 Å². The third-order valence-electron chi connectivity index (χ3n) is 2.99. The molecule has 1 aliphatic heterocycles. The lowest BCUT2D eigenvalue weighted by molar-refractivity contribution is 0.249. The van der Waals surface area contributed by atoms with Crippen LogP contribution in [0.4, 0.5) is 0 Å². The molecular formula is C12H18N2O2. The quantitative estimate of drug-likeness (QED) is 0.688. The van der Waals surface area contributed by atoms with E-state index < -0.39 is 6.04 Å². The average molecular weight is 222 g/mol. The molecular weight excluding hydrogens is 204 g/mol. The minimum absolute atomic E-state index is 0.102. The van der Waals surface area contributed by atoms with Gasteiger partial charge in [0.1, 0.15) is 5.75 Å². The molecule has 88 valence electrons. The van der Waals surface area contributed by atoms with E-state index in [0.29, 0.717) is 0 Å². The molecule has 0 saturated heterocycles. The summed E-state index contributed by atoms with van der Waals surface area (Å²) in [7, 11) is 0. The third-order valence-corrected chi connectivity index (χ3v) is 2.99. The first-order chi connectivity index (χ1) is 7.72. The molecule has 1 aromatic rings. The maximum Gasteiger partial charge on any atom is 0.122 e. The van der Waals surface area contributed by atoms with Crippen LogP contribution in [0, 0.1) is 0 Å². The predicted molar refractivity (Wildman–Crippen MR) is 62.2 cm³/mol. The average Bonchev–Trinajstić information content (AvgIpc) is 2.36. The van der Waals surface area contributed by atoms with Crippen molar-refractivity contribution in [2.24, 2.45) is 11.5 Å². The van der Waals surface area contributed by atoms with Crippen LogP contribution in [-0.4, -0.2) is 24.4 Å². The summed E-state index contributed by atoms with van der Waals surface area (Å²) in [4.78, 5) is 0. The zero-order chi connectivity index (χ0) is 11.5. The maximum absolute atomic E-state index is 8.98. The van der Waals surface area contributed by atoms with Gasteiger partial charge in [0, 0.05) is 12.1 Å². The molecule has 2 atom stereocenters. The fourth-order valence-electron chi connectivity index (χ4n) is 1.95. The van der Waals surface area contributed by atoms with Gasteiger partial charge in [0.05, 0.1) is 13.2 Å². The molecule has 0 radical (unpaired) electrons. The molecule has 0 amide bonds. The molecule has 1 aromatic carbocycles. The number of nitrogens with two attached hydrogens (primary N) is 2. The van der Waals surface area contributed by atoms with E-state index in [2.05, 4.69) is 0 Å². The Morgan fingerprint density at radius 3 is 2.94 bits per heavy atom. The highest BCUT2D eigenvalue weighted by Crippen LogP contribution is 2.27. The van der Waals surface area contributed by atoms with Crippen LogP contribution in [0.2, 0.25) is 0 Å². The highest BCUT2D eigenvalue weighted by atomic mass is 16.5. The molecule has 4 heteroatoms. The second-order valence-corrected chi connectivity index (χ2v) is 4.19. The van der Waals surface area contributed by atoms with E-state index in [1.165, 1.54) is 5.56 Å². The van der Waals surface area contributed by atoms with Gasteiger partial charge >= 0.3 is 0 Å². The molecule has 1 heterocycles. The van der Waals surface area contributed by atoms with Gasteiger partial charge in [-0.2, -0.15) is 0 Å². The number of aliphatic hydroxyl groups is 1. The van der Waals surface area contributed by atoms with Crippen LogP contribution < -0.4 is 16.2 Å². The standard InChI is InChI=1S/C12H18N2O2/c13-10(7-15)12(14)9-3-4-11-8(6-9)2-1-5-16-11/h3-4,6,10,12,15H,1-2,5,7,13-14H2. The Morgan fingerprint density at radius 2 is 2.19 bits per heavy atom. The SMILES string of the molecule is NC(CO)C(N)c1ccc2c(c1)CCCO2. The first-order valence-corrected chi connectivity index (χ1v) is 5.60. The smallest absolute Gasteiger partial charge is 0.122 e. The summed E-state index contributed by atoms with van der Waals surface area (Å²) in [5, 5.41) is 8.98. The van der Waals surface area contributed by atoms with Crippen molar-refractivity contribution in [3.8, 4) is 5.75 Å². The number of rotatable bonds is 3. The highest BCUT2D eigenvalue weighted by Gasteiger charge is 2.17. The van der Waals surface area contributed by atoms with Crippen molar-refractivity contribution in [3.63, 3.8) is 0 Å². The van der Waals surface area contributed by atoms with Crippen molar-refractivity contribution in [2.45, 2.75) is 24.9 Å². The maximum atomic E-state index is 8.98. The van der Waals surface area contributed by atoms with E-state index in [-0.39, 0.29) is 12.6 Å². The van der Waals surface area contributed by atoms with Gasteiger partial charge in [-0.1, -0.05) is 12.1 Å². The summed E-state index contributed by atoms with van der Waals surface area (Å²) in [6.07, 6.45) is 2.06. The number of fused-ring (bicyclic) bond motifs is 1. The van der Waals surface area contributed by atoms with Gasteiger partial charge in [-0.05, 0) is 30.0 Å². The van der Waals surface area contributed by atoms with E-state index in [0.717, 1.165) is 30.8 Å². The Kier molecular flexibility index (Phi) is 3.43. The highest BCUT2D eigenvalue weighted by molar-refractivity contribution is 5.39. The zero-order valence-corrected chi connectivity index (χ0v) is 9.23. The Hall–Kier alpha value is -1.10. The summed E-state index contributed by atoms with van der Waals surface area (Å²) in [5.41, 5.74) is 13.8. The summed E-state index contributed by atoms with van der Waals surface area (Å²) in [6.45, 7) is 0.684. The van der Waals surface area contributed by atoms with Crippen molar-refractivity contribution in [3.05, 3.63) is 29.3 Å². The van der Waals surface area contributed by atoms with Crippen molar-refractivity contribution < 1.29 is 9.84 Å². The first-order valence-electron chi connectivity index (χ1n) is 5.60. The molecule has 0 aliphatic carbocycles. The van der Waals surface area contributed by atoms with Crippen LogP contribution >= 0.6 is 0 Å². The van der Waals surface area contributed by atoms with Crippen molar-refractivity contribution >= 4 is 0 Å². The number of benzene rings is 1. The molecule has 0 spiro atoms. The van der Waals surface area contributed by atoms with Crippen LogP contribution in [-0.2, 0) is 6.42 Å². The predicted octanol–water partition coefficient (Wildman–Crippen LogP) is 0.331. The zero-order valence-electron chi connectivity index (χ0n) is 9.23. The second-order valence-electron chi connectivity index (χ2n) is 4.19. The Morgan fingerprint density at radius 1 is 1.38 bits per heavy atom. The first kappa shape index (κ1) is 11.4. The fraction of sp³-hybridized carbons (Fsp3) is 0.500. The molecule has 0 fully saturated rings. The lowest BCUT2D eigenvalue weighted by atomic mass is 9.96. The molecule has 0 aromatic heterocycles. The number of hydrogen-bond acceptors (Lipinski definition) is 4. The minimum Gasteiger partial charge on any atom is -0.493 e.